The topological polar surface area (TPSA) is 109 Å². The molecule has 1 heterocycles. The first-order chi connectivity index (χ1) is 6.59. The van der Waals surface area contributed by atoms with Crippen molar-refractivity contribution in [3.63, 3.8) is 0 Å². The quantitative estimate of drug-likeness (QED) is 0.536. The van der Waals surface area contributed by atoms with E-state index in [1.165, 1.54) is 6.07 Å². The molecule has 14 heavy (non-hydrogen) atoms. The molecule has 0 amide bonds. The molecule has 0 aliphatic heterocycles. The number of hydrogen-bond acceptors (Lipinski definition) is 4. The Morgan fingerprint density at radius 2 is 2.43 bits per heavy atom. The zero-order valence-electron chi connectivity index (χ0n) is 7.27. The number of nitrogens with zero attached hydrogens (tertiary/aromatic N) is 2. The Labute approximate surface area is 78.9 Å². The number of carbonyl (C=O) groups is 1. The van der Waals surface area contributed by atoms with E-state index in [-0.39, 0.29) is 12.2 Å². The van der Waals surface area contributed by atoms with Gasteiger partial charge in [0.25, 0.3) is 0 Å². The van der Waals surface area contributed by atoms with Gasteiger partial charge >= 0.3 is 11.8 Å². The summed E-state index contributed by atoms with van der Waals surface area (Å²) in [4.78, 5) is 19.8. The van der Waals surface area contributed by atoms with E-state index in [1.54, 1.807) is 0 Å². The first-order valence-electron chi connectivity index (χ1n) is 4.00. The first kappa shape index (κ1) is 10.2. The number of carboxylic acid groups (broad SMARTS) is 1. The van der Waals surface area contributed by atoms with Crippen LogP contribution in [0.5, 0.6) is 0 Å². The molecule has 0 aliphatic carbocycles. The molecule has 0 unspecified atom stereocenters. The van der Waals surface area contributed by atoms with E-state index in [2.05, 4.69) is 10.2 Å². The van der Waals surface area contributed by atoms with Crippen LogP contribution in [0.25, 0.3) is 0 Å². The molecule has 7 nitrogen and oxygen atoms in total. The van der Waals surface area contributed by atoms with Crippen LogP contribution in [0.15, 0.2) is 6.07 Å². The SMILES string of the molecule is O=C(O)CCCc1cc([N+](=O)[O-])[nH]n1. The molecule has 0 saturated carbocycles. The summed E-state index contributed by atoms with van der Waals surface area (Å²) in [6, 6.07) is 1.31. The zero-order chi connectivity index (χ0) is 10.6. The van der Waals surface area contributed by atoms with Gasteiger partial charge in [0, 0.05) is 6.42 Å². The van der Waals surface area contributed by atoms with Gasteiger partial charge in [-0.1, -0.05) is 5.10 Å². The summed E-state index contributed by atoms with van der Waals surface area (Å²) in [5.41, 5.74) is 0.512. The number of nitrogens with one attached hydrogen (secondary N) is 1. The summed E-state index contributed by atoms with van der Waals surface area (Å²) in [7, 11) is 0. The van der Waals surface area contributed by atoms with Crippen LogP contribution in [0.2, 0.25) is 0 Å². The Hall–Kier alpha value is -1.92. The molecule has 0 fully saturated rings. The van der Waals surface area contributed by atoms with Gasteiger partial charge < -0.3 is 15.2 Å². The van der Waals surface area contributed by atoms with Crippen LogP contribution in [0.3, 0.4) is 0 Å². The third-order valence-electron chi connectivity index (χ3n) is 1.64. The van der Waals surface area contributed by atoms with Crippen molar-refractivity contribution in [2.24, 2.45) is 0 Å². The molecule has 0 spiro atoms. The zero-order valence-corrected chi connectivity index (χ0v) is 7.27. The van der Waals surface area contributed by atoms with Gasteiger partial charge in [-0.15, -0.1) is 5.10 Å². The lowest BCUT2D eigenvalue weighted by molar-refractivity contribution is -0.389. The van der Waals surface area contributed by atoms with Crippen molar-refractivity contribution in [2.75, 3.05) is 0 Å². The Morgan fingerprint density at radius 3 is 2.93 bits per heavy atom. The normalized spacial score (nSPS) is 10.0. The molecule has 1 aromatic heterocycles. The summed E-state index contributed by atoms with van der Waals surface area (Å²) >= 11 is 0. The average molecular weight is 199 g/mol. The molecule has 0 aromatic carbocycles. The van der Waals surface area contributed by atoms with Gasteiger partial charge in [-0.25, -0.2) is 0 Å². The van der Waals surface area contributed by atoms with Crippen molar-refractivity contribution in [2.45, 2.75) is 19.3 Å². The van der Waals surface area contributed by atoms with E-state index in [4.69, 9.17) is 5.11 Å². The summed E-state index contributed by atoms with van der Waals surface area (Å²) < 4.78 is 0. The van der Waals surface area contributed by atoms with Crippen molar-refractivity contribution < 1.29 is 14.8 Å². The van der Waals surface area contributed by atoms with Gasteiger partial charge in [0.05, 0.1) is 11.8 Å². The molecule has 7 heteroatoms. The summed E-state index contributed by atoms with van der Waals surface area (Å²) in [6.45, 7) is 0. The number of carboxylic acids is 1. The van der Waals surface area contributed by atoms with E-state index in [1.807, 2.05) is 0 Å². The maximum atomic E-state index is 10.2. The van der Waals surface area contributed by atoms with Crippen LogP contribution < -0.4 is 0 Å². The monoisotopic (exact) mass is 199 g/mol. The lowest BCUT2D eigenvalue weighted by Crippen LogP contribution is -1.95. The van der Waals surface area contributed by atoms with Gasteiger partial charge in [-0.05, 0) is 17.8 Å². The van der Waals surface area contributed by atoms with Gasteiger partial charge in [0.15, 0.2) is 0 Å². The minimum atomic E-state index is -0.880. The van der Waals surface area contributed by atoms with Crippen LogP contribution in [0, 0.1) is 10.1 Å². The van der Waals surface area contributed by atoms with E-state index >= 15 is 0 Å². The molecule has 2 N–H and O–H groups in total. The standard InChI is InChI=1S/C7H9N3O4/c11-7(12)3-1-2-5-4-6(9-8-5)10(13)14/h4H,1-3H2,(H,8,9)(H,11,12). The molecule has 1 rings (SSSR count). The molecule has 0 radical (unpaired) electrons. The second kappa shape index (κ2) is 4.35. The number of aromatic amines is 1. The fraction of sp³-hybridized carbons (Fsp3) is 0.429. The van der Waals surface area contributed by atoms with Gasteiger partial charge in [-0.2, -0.15) is 0 Å². The lowest BCUT2D eigenvalue weighted by atomic mass is 10.2. The van der Waals surface area contributed by atoms with Crippen LogP contribution in [0.1, 0.15) is 18.5 Å². The molecule has 76 valence electrons. The fourth-order valence-corrected chi connectivity index (χ4v) is 0.994. The highest BCUT2D eigenvalue weighted by Crippen LogP contribution is 2.10. The summed E-state index contributed by atoms with van der Waals surface area (Å²) in [6.07, 6.45) is 0.897. The number of aromatic nitrogens is 2. The molecule has 0 aliphatic rings. The van der Waals surface area contributed by atoms with E-state index in [9.17, 15) is 14.9 Å². The van der Waals surface area contributed by atoms with Crippen molar-refractivity contribution in [1.29, 1.82) is 0 Å². The number of nitro groups is 1. The van der Waals surface area contributed by atoms with Crippen LogP contribution in [-0.2, 0) is 11.2 Å². The van der Waals surface area contributed by atoms with Crippen molar-refractivity contribution in [3.8, 4) is 0 Å². The van der Waals surface area contributed by atoms with E-state index in [0.29, 0.717) is 18.5 Å². The molecule has 0 atom stereocenters. The van der Waals surface area contributed by atoms with Crippen molar-refractivity contribution >= 4 is 11.8 Å². The minimum absolute atomic E-state index is 0.0423. The average Bonchev–Trinajstić information content (AvgIpc) is 2.52. The molecule has 0 saturated heterocycles. The fourth-order valence-electron chi connectivity index (χ4n) is 0.994. The second-order valence-electron chi connectivity index (χ2n) is 2.75. The predicted molar refractivity (Wildman–Crippen MR) is 45.8 cm³/mol. The smallest absolute Gasteiger partial charge is 0.342 e. The Morgan fingerprint density at radius 1 is 1.71 bits per heavy atom. The van der Waals surface area contributed by atoms with Crippen molar-refractivity contribution in [3.05, 3.63) is 21.9 Å². The summed E-state index contributed by atoms with van der Waals surface area (Å²) in [5.74, 6) is -1.05. The van der Waals surface area contributed by atoms with E-state index in [0.717, 1.165) is 0 Å². The first-order valence-corrected chi connectivity index (χ1v) is 4.00. The van der Waals surface area contributed by atoms with Gasteiger partial charge in [0.1, 0.15) is 0 Å². The molecule has 0 bridgehead atoms. The molecular formula is C7H9N3O4. The number of hydrogen-bond donors (Lipinski definition) is 2. The lowest BCUT2D eigenvalue weighted by Gasteiger charge is -1.90. The largest absolute Gasteiger partial charge is 0.481 e. The maximum Gasteiger partial charge on any atom is 0.342 e. The van der Waals surface area contributed by atoms with Crippen LogP contribution in [-0.4, -0.2) is 26.2 Å². The van der Waals surface area contributed by atoms with E-state index < -0.39 is 10.9 Å². The Bertz CT molecular complexity index is 346. The number of H-pyrrole nitrogens is 1. The number of rotatable bonds is 5. The highest BCUT2D eigenvalue weighted by molar-refractivity contribution is 5.66. The highest BCUT2D eigenvalue weighted by Gasteiger charge is 2.09. The Balaban J connectivity index is 2.44. The minimum Gasteiger partial charge on any atom is -0.481 e. The maximum absolute atomic E-state index is 10.2. The third kappa shape index (κ3) is 2.85. The van der Waals surface area contributed by atoms with Crippen molar-refractivity contribution in [1.82, 2.24) is 10.2 Å². The molecular weight excluding hydrogens is 190 g/mol. The molecule has 1 aromatic rings. The predicted octanol–water partition coefficient (Wildman–Crippen LogP) is 0.725. The van der Waals surface area contributed by atoms with Crippen LogP contribution >= 0.6 is 0 Å². The van der Waals surface area contributed by atoms with Gasteiger partial charge in [0.2, 0.25) is 0 Å². The highest BCUT2D eigenvalue weighted by atomic mass is 16.6. The van der Waals surface area contributed by atoms with Crippen LogP contribution in [0.4, 0.5) is 5.82 Å². The summed E-state index contributed by atoms with van der Waals surface area (Å²) in [5, 5.41) is 24.5. The van der Waals surface area contributed by atoms with Gasteiger partial charge in [-0.3, -0.25) is 4.79 Å². The second-order valence-corrected chi connectivity index (χ2v) is 2.75. The number of aryl methyl sites for hydroxylation is 1. The Kier molecular flexibility index (Phi) is 3.16. The third-order valence-corrected chi connectivity index (χ3v) is 1.64. The number of aliphatic carboxylic acids is 1.